The number of hydrogen-bond acceptors (Lipinski definition) is 3. The molecule has 4 heteroatoms. The van der Waals surface area contributed by atoms with Crippen molar-refractivity contribution in [2.75, 3.05) is 12.4 Å². The highest BCUT2D eigenvalue weighted by molar-refractivity contribution is 5.83. The molecule has 0 saturated heterocycles. The molecule has 130 valence electrons. The first kappa shape index (κ1) is 16.2. The van der Waals surface area contributed by atoms with Gasteiger partial charge in [-0.2, -0.15) is 0 Å². The summed E-state index contributed by atoms with van der Waals surface area (Å²) in [6.07, 6.45) is 3.01. The minimum absolute atomic E-state index is 0.131. The number of rotatable bonds is 4. The summed E-state index contributed by atoms with van der Waals surface area (Å²) < 4.78 is 2.25. The van der Waals surface area contributed by atoms with Gasteiger partial charge in [-0.3, -0.25) is 0 Å². The van der Waals surface area contributed by atoms with Crippen molar-refractivity contribution >= 4 is 16.7 Å². The first-order valence-electron chi connectivity index (χ1n) is 8.94. The summed E-state index contributed by atoms with van der Waals surface area (Å²) >= 11 is 0. The largest absolute Gasteiger partial charge is 0.380 e. The second kappa shape index (κ2) is 5.88. The molecule has 0 fully saturated rings. The van der Waals surface area contributed by atoms with Crippen molar-refractivity contribution in [3.63, 3.8) is 0 Å². The summed E-state index contributed by atoms with van der Waals surface area (Å²) in [5.74, 6) is 0. The van der Waals surface area contributed by atoms with Gasteiger partial charge in [0.1, 0.15) is 0 Å². The molecule has 0 atom stereocenters. The summed E-state index contributed by atoms with van der Waals surface area (Å²) in [6.45, 7) is 8.43. The quantitative estimate of drug-likeness (QED) is 0.761. The second-order valence-electron chi connectivity index (χ2n) is 7.85. The van der Waals surface area contributed by atoms with Gasteiger partial charge < -0.3 is 15.2 Å². The molecule has 2 heterocycles. The molecule has 2 N–H and O–H groups in total. The molecular weight excluding hydrogens is 308 g/mol. The summed E-state index contributed by atoms with van der Waals surface area (Å²) in [5, 5.41) is 6.85. The number of hydrogen-bond donors (Lipinski definition) is 2. The molecule has 2 aromatic carbocycles. The molecule has 3 aromatic rings. The lowest BCUT2D eigenvalue weighted by molar-refractivity contribution is 0.594. The van der Waals surface area contributed by atoms with Gasteiger partial charge in [0, 0.05) is 24.3 Å². The molecule has 0 amide bonds. The highest BCUT2D eigenvalue weighted by atomic mass is 15.1. The van der Waals surface area contributed by atoms with E-state index in [1.54, 1.807) is 0 Å². The van der Waals surface area contributed by atoms with Crippen LogP contribution < -0.4 is 10.6 Å². The van der Waals surface area contributed by atoms with E-state index in [0.29, 0.717) is 0 Å². The van der Waals surface area contributed by atoms with E-state index in [1.165, 1.54) is 33.5 Å². The number of benzene rings is 2. The Kier molecular flexibility index (Phi) is 3.80. The lowest BCUT2D eigenvalue weighted by Gasteiger charge is -2.17. The first-order valence-corrected chi connectivity index (χ1v) is 8.94. The van der Waals surface area contributed by atoms with Gasteiger partial charge in [-0.1, -0.05) is 18.2 Å². The Morgan fingerprint density at radius 3 is 2.84 bits per heavy atom. The van der Waals surface area contributed by atoms with E-state index in [-0.39, 0.29) is 5.54 Å². The average Bonchev–Trinajstić information content (AvgIpc) is 3.06. The van der Waals surface area contributed by atoms with E-state index in [2.05, 4.69) is 71.3 Å². The van der Waals surface area contributed by atoms with Crippen molar-refractivity contribution in [2.45, 2.75) is 45.8 Å². The zero-order valence-corrected chi connectivity index (χ0v) is 15.5. The van der Waals surface area contributed by atoms with Crippen LogP contribution in [0.2, 0.25) is 0 Å². The highest BCUT2D eigenvalue weighted by Crippen LogP contribution is 2.35. The molecule has 1 aliphatic rings. The molecule has 1 aliphatic heterocycles. The number of fused-ring (bicyclic) bond motifs is 2. The normalized spacial score (nSPS) is 15.4. The van der Waals surface area contributed by atoms with Crippen LogP contribution in [0.5, 0.6) is 0 Å². The van der Waals surface area contributed by atoms with E-state index in [0.717, 1.165) is 25.0 Å². The zero-order valence-electron chi connectivity index (χ0n) is 15.5. The predicted molar refractivity (Wildman–Crippen MR) is 104 cm³/mol. The number of aromatic nitrogens is 2. The van der Waals surface area contributed by atoms with Crippen molar-refractivity contribution < 1.29 is 0 Å². The van der Waals surface area contributed by atoms with Crippen molar-refractivity contribution in [2.24, 2.45) is 0 Å². The predicted octanol–water partition coefficient (Wildman–Crippen LogP) is 3.86. The van der Waals surface area contributed by atoms with Gasteiger partial charge in [0.25, 0.3) is 0 Å². The van der Waals surface area contributed by atoms with E-state index in [9.17, 15) is 0 Å². The summed E-state index contributed by atoms with van der Waals surface area (Å²) in [4.78, 5) is 4.63. The van der Waals surface area contributed by atoms with Crippen LogP contribution in [0.3, 0.4) is 0 Å². The van der Waals surface area contributed by atoms with Crippen LogP contribution in [0.1, 0.15) is 36.1 Å². The fraction of sp³-hybridized carbons (Fsp3) is 0.381. The summed E-state index contributed by atoms with van der Waals surface area (Å²) in [6, 6.07) is 11.2. The Hall–Kier alpha value is -2.33. The third-order valence-corrected chi connectivity index (χ3v) is 5.08. The molecule has 0 bridgehead atoms. The third kappa shape index (κ3) is 3.02. The van der Waals surface area contributed by atoms with Gasteiger partial charge in [-0.05, 0) is 68.6 Å². The Morgan fingerprint density at radius 1 is 1.24 bits per heavy atom. The molecule has 0 spiro atoms. The number of nitrogens with zero attached hydrogens (tertiary/aromatic N) is 2. The number of nitrogens with one attached hydrogen (secondary N) is 2. The van der Waals surface area contributed by atoms with Gasteiger partial charge >= 0.3 is 0 Å². The Morgan fingerprint density at radius 2 is 2.08 bits per heavy atom. The maximum absolute atomic E-state index is 4.63. The number of anilines is 1. The van der Waals surface area contributed by atoms with E-state index < -0.39 is 0 Å². The van der Waals surface area contributed by atoms with Crippen LogP contribution in [0, 0.1) is 6.92 Å². The smallest absolute Gasteiger partial charge is 0.0961 e. The van der Waals surface area contributed by atoms with Crippen LogP contribution in [-0.4, -0.2) is 22.1 Å². The Labute approximate surface area is 149 Å². The van der Waals surface area contributed by atoms with Crippen LogP contribution in [0.25, 0.3) is 11.0 Å². The van der Waals surface area contributed by atoms with E-state index >= 15 is 0 Å². The Bertz CT molecular complexity index is 936. The number of aryl methyl sites for hydroxylation is 1. The molecule has 4 nitrogen and oxygen atoms in total. The zero-order chi connectivity index (χ0) is 17.6. The third-order valence-electron chi connectivity index (χ3n) is 5.08. The average molecular weight is 334 g/mol. The summed E-state index contributed by atoms with van der Waals surface area (Å²) in [5.41, 5.74) is 9.03. The lowest BCUT2D eigenvalue weighted by Crippen LogP contribution is -2.27. The van der Waals surface area contributed by atoms with Gasteiger partial charge in [0.15, 0.2) is 0 Å². The van der Waals surface area contributed by atoms with Crippen LogP contribution in [0.15, 0.2) is 36.7 Å². The fourth-order valence-electron chi connectivity index (χ4n) is 3.86. The van der Waals surface area contributed by atoms with Crippen LogP contribution in [0.4, 0.5) is 5.69 Å². The molecular formula is C21H26N4. The van der Waals surface area contributed by atoms with Gasteiger partial charge in [-0.25, -0.2) is 4.98 Å². The monoisotopic (exact) mass is 334 g/mol. The second-order valence-corrected chi connectivity index (χ2v) is 7.85. The maximum atomic E-state index is 4.63. The molecule has 4 rings (SSSR count). The van der Waals surface area contributed by atoms with E-state index in [4.69, 9.17) is 0 Å². The maximum Gasteiger partial charge on any atom is 0.0961 e. The number of imidazole rings is 1. The summed E-state index contributed by atoms with van der Waals surface area (Å²) in [7, 11) is 1.98. The van der Waals surface area contributed by atoms with Crippen LogP contribution >= 0.6 is 0 Å². The van der Waals surface area contributed by atoms with Crippen molar-refractivity contribution in [3.05, 3.63) is 58.9 Å². The lowest BCUT2D eigenvalue weighted by atomic mass is 10.0. The van der Waals surface area contributed by atoms with Gasteiger partial charge in [0.05, 0.1) is 17.4 Å². The van der Waals surface area contributed by atoms with Gasteiger partial charge in [0.2, 0.25) is 0 Å². The molecule has 0 aliphatic carbocycles. The van der Waals surface area contributed by atoms with Crippen LogP contribution in [-0.2, 0) is 19.5 Å². The van der Waals surface area contributed by atoms with Crippen molar-refractivity contribution in [1.29, 1.82) is 0 Å². The topological polar surface area (TPSA) is 41.9 Å². The van der Waals surface area contributed by atoms with Gasteiger partial charge in [-0.15, -0.1) is 0 Å². The standard InChI is InChI=1S/C21H26N4/c1-14-7-15(5-6-16(14)11-22-4)12-25-13-23-19-8-17-10-21(2,3)24-18(17)9-20(19)25/h5-9,13,22,24H,10-12H2,1-4H3. The molecule has 0 unspecified atom stereocenters. The first-order chi connectivity index (χ1) is 11.9. The Balaban J connectivity index is 1.66. The van der Waals surface area contributed by atoms with Crippen molar-refractivity contribution in [1.82, 2.24) is 14.9 Å². The minimum Gasteiger partial charge on any atom is -0.380 e. The molecule has 25 heavy (non-hydrogen) atoms. The molecule has 0 radical (unpaired) electrons. The molecule has 1 aromatic heterocycles. The van der Waals surface area contributed by atoms with E-state index in [1.807, 2.05) is 13.4 Å². The van der Waals surface area contributed by atoms with Crippen molar-refractivity contribution in [3.8, 4) is 0 Å². The minimum atomic E-state index is 0.131. The molecule has 0 saturated carbocycles. The highest BCUT2D eigenvalue weighted by Gasteiger charge is 2.28. The SMILES string of the molecule is CNCc1ccc(Cn2cnc3cc4c(cc32)NC(C)(C)C4)cc1C. The fourth-order valence-corrected chi connectivity index (χ4v) is 3.86.